The molecule has 2 aromatic rings. The van der Waals surface area contributed by atoms with Gasteiger partial charge in [0.25, 0.3) is 5.91 Å². The number of carboxylic acids is 1. The molecule has 0 radical (unpaired) electrons. The number of carbonyl (C=O) groups excluding carboxylic acids is 1. The Kier molecular flexibility index (Phi) is 4.10. The van der Waals surface area contributed by atoms with Crippen molar-refractivity contribution in [1.82, 2.24) is 14.9 Å². The van der Waals surface area contributed by atoms with Crippen LogP contribution in [-0.2, 0) is 9.53 Å². The Morgan fingerprint density at radius 1 is 1.30 bits per heavy atom. The number of aryl methyl sites for hydroxylation is 2. The molecule has 0 saturated carbocycles. The maximum absolute atomic E-state index is 14.1. The monoisotopic (exact) mass is 373 g/mol. The first-order chi connectivity index (χ1) is 12.8. The Bertz CT molecular complexity index is 964. The third kappa shape index (κ3) is 2.75. The number of amides is 1. The van der Waals surface area contributed by atoms with E-state index in [9.17, 15) is 19.1 Å². The van der Waals surface area contributed by atoms with Gasteiger partial charge >= 0.3 is 5.97 Å². The highest BCUT2D eigenvalue weighted by atomic mass is 19.1. The third-order valence-electron chi connectivity index (χ3n) is 5.80. The second kappa shape index (κ2) is 6.23. The van der Waals surface area contributed by atoms with Gasteiger partial charge in [-0.15, -0.1) is 0 Å². The van der Waals surface area contributed by atoms with Gasteiger partial charge in [0.1, 0.15) is 11.3 Å². The Morgan fingerprint density at radius 3 is 2.74 bits per heavy atom. The summed E-state index contributed by atoms with van der Waals surface area (Å²) in [4.78, 5) is 35.4. The molecule has 2 fully saturated rings. The van der Waals surface area contributed by atoms with E-state index in [1.165, 1.54) is 11.0 Å². The summed E-state index contributed by atoms with van der Waals surface area (Å²) in [6, 6.07) is 2.40. The first-order valence-electron chi connectivity index (χ1n) is 8.87. The quantitative estimate of drug-likeness (QED) is 0.865. The lowest BCUT2D eigenvalue weighted by molar-refractivity contribution is -0.157. The number of aliphatic carboxylic acids is 1. The number of likely N-dealkylation sites (tertiary alicyclic amines) is 1. The summed E-state index contributed by atoms with van der Waals surface area (Å²) in [5, 5.41) is 9.78. The number of ether oxygens (including phenoxy) is 1. The molecule has 1 amide bonds. The summed E-state index contributed by atoms with van der Waals surface area (Å²) in [5.41, 5.74) is 1.08. The Hall–Kier alpha value is -2.61. The van der Waals surface area contributed by atoms with Crippen LogP contribution in [0.2, 0.25) is 0 Å². The lowest BCUT2D eigenvalue weighted by Crippen LogP contribution is -2.45. The lowest BCUT2D eigenvalue weighted by Gasteiger charge is -2.33. The number of hydrogen-bond acceptors (Lipinski definition) is 5. The van der Waals surface area contributed by atoms with Crippen molar-refractivity contribution in [2.75, 3.05) is 26.3 Å². The standard InChI is InChI=1S/C19H20FN3O4/c1-10-11(2)22-16-14(5-13(20)6-15(16)21-10)17(24)23-7-12-8-27-4-3-19(12,9-23)18(25)26/h5-6,12H,3-4,7-9H2,1-2H3,(H,25,26)/t12-,19+/m0/s1. The van der Waals surface area contributed by atoms with E-state index in [2.05, 4.69) is 9.97 Å². The number of rotatable bonds is 2. The van der Waals surface area contributed by atoms with Crippen molar-refractivity contribution in [3.8, 4) is 0 Å². The molecule has 1 N–H and O–H groups in total. The van der Waals surface area contributed by atoms with E-state index in [0.29, 0.717) is 42.1 Å². The van der Waals surface area contributed by atoms with Gasteiger partial charge in [-0.3, -0.25) is 9.59 Å². The second-order valence-corrected chi connectivity index (χ2v) is 7.38. The van der Waals surface area contributed by atoms with Crippen LogP contribution in [0.1, 0.15) is 28.2 Å². The van der Waals surface area contributed by atoms with Crippen LogP contribution in [0, 0.1) is 31.0 Å². The molecule has 2 atom stereocenters. The van der Waals surface area contributed by atoms with E-state index in [1.54, 1.807) is 13.8 Å². The van der Waals surface area contributed by atoms with Crippen LogP contribution < -0.4 is 0 Å². The highest BCUT2D eigenvalue weighted by Gasteiger charge is 2.55. The second-order valence-electron chi connectivity index (χ2n) is 7.38. The van der Waals surface area contributed by atoms with Crippen molar-refractivity contribution in [2.24, 2.45) is 11.3 Å². The van der Waals surface area contributed by atoms with Gasteiger partial charge in [-0.05, 0) is 26.3 Å². The summed E-state index contributed by atoms with van der Waals surface area (Å²) in [7, 11) is 0. The average Bonchev–Trinajstić information content (AvgIpc) is 3.03. The van der Waals surface area contributed by atoms with Crippen LogP contribution in [-0.4, -0.2) is 58.2 Å². The summed E-state index contributed by atoms with van der Waals surface area (Å²) in [6.07, 6.45) is 0.360. The first-order valence-corrected chi connectivity index (χ1v) is 8.87. The van der Waals surface area contributed by atoms with Crippen LogP contribution in [0.5, 0.6) is 0 Å². The molecule has 2 saturated heterocycles. The van der Waals surface area contributed by atoms with Crippen molar-refractivity contribution in [1.29, 1.82) is 0 Å². The van der Waals surface area contributed by atoms with Crippen molar-refractivity contribution < 1.29 is 23.8 Å². The molecule has 7 nitrogen and oxygen atoms in total. The van der Waals surface area contributed by atoms with Gasteiger partial charge < -0.3 is 14.7 Å². The zero-order valence-electron chi connectivity index (χ0n) is 15.2. The average molecular weight is 373 g/mol. The maximum Gasteiger partial charge on any atom is 0.311 e. The van der Waals surface area contributed by atoms with E-state index >= 15 is 0 Å². The van der Waals surface area contributed by atoms with Gasteiger partial charge in [0.15, 0.2) is 0 Å². The molecule has 1 aromatic carbocycles. The minimum atomic E-state index is -1.00. The van der Waals surface area contributed by atoms with Crippen molar-refractivity contribution in [2.45, 2.75) is 20.3 Å². The molecule has 2 aliphatic heterocycles. The van der Waals surface area contributed by atoms with Crippen molar-refractivity contribution >= 4 is 22.9 Å². The minimum Gasteiger partial charge on any atom is -0.481 e. The molecular formula is C19H20FN3O4. The zero-order chi connectivity index (χ0) is 19.3. The van der Waals surface area contributed by atoms with Gasteiger partial charge in [0.05, 0.1) is 34.5 Å². The molecule has 0 unspecified atom stereocenters. The van der Waals surface area contributed by atoms with Gasteiger partial charge in [0.2, 0.25) is 0 Å². The highest BCUT2D eigenvalue weighted by Crippen LogP contribution is 2.43. The Morgan fingerprint density at radius 2 is 2.04 bits per heavy atom. The Balaban J connectivity index is 1.75. The number of halogens is 1. The van der Waals surface area contributed by atoms with E-state index < -0.39 is 23.1 Å². The molecule has 0 spiro atoms. The fourth-order valence-corrected chi connectivity index (χ4v) is 4.09. The predicted octanol–water partition coefficient (Wildman–Crippen LogP) is 1.95. The largest absolute Gasteiger partial charge is 0.481 e. The maximum atomic E-state index is 14.1. The molecule has 0 aliphatic carbocycles. The molecule has 142 valence electrons. The first kappa shape index (κ1) is 17.8. The van der Waals surface area contributed by atoms with Crippen molar-refractivity contribution in [3.63, 3.8) is 0 Å². The molecule has 1 aromatic heterocycles. The summed E-state index contributed by atoms with van der Waals surface area (Å²) in [5.74, 6) is -2.19. The number of hydrogen-bond donors (Lipinski definition) is 1. The molecule has 8 heteroatoms. The van der Waals surface area contributed by atoms with Gasteiger partial charge in [-0.1, -0.05) is 0 Å². The molecule has 3 heterocycles. The Labute approximate surface area is 155 Å². The number of benzene rings is 1. The third-order valence-corrected chi connectivity index (χ3v) is 5.80. The normalized spacial score (nSPS) is 24.9. The fourth-order valence-electron chi connectivity index (χ4n) is 4.09. The molecular weight excluding hydrogens is 353 g/mol. The number of nitrogens with zero attached hydrogens (tertiary/aromatic N) is 3. The van der Waals surface area contributed by atoms with E-state index in [4.69, 9.17) is 4.74 Å². The molecule has 4 rings (SSSR count). The number of carboxylic acid groups (broad SMARTS) is 1. The van der Waals surface area contributed by atoms with Crippen LogP contribution >= 0.6 is 0 Å². The smallest absolute Gasteiger partial charge is 0.311 e. The van der Waals surface area contributed by atoms with Crippen LogP contribution in [0.15, 0.2) is 12.1 Å². The lowest BCUT2D eigenvalue weighted by atomic mass is 9.74. The zero-order valence-corrected chi connectivity index (χ0v) is 15.2. The molecule has 2 aliphatic rings. The SMILES string of the molecule is Cc1nc2cc(F)cc(C(=O)N3C[C@H]4COCC[C@@]4(C(=O)O)C3)c2nc1C. The van der Waals surface area contributed by atoms with Gasteiger partial charge in [-0.2, -0.15) is 0 Å². The number of carbonyl (C=O) groups is 2. The van der Waals surface area contributed by atoms with Crippen LogP contribution in [0.4, 0.5) is 4.39 Å². The van der Waals surface area contributed by atoms with Crippen LogP contribution in [0.25, 0.3) is 11.0 Å². The number of fused-ring (bicyclic) bond motifs is 2. The van der Waals surface area contributed by atoms with E-state index in [1.807, 2.05) is 0 Å². The van der Waals surface area contributed by atoms with Gasteiger partial charge in [0, 0.05) is 31.7 Å². The number of aromatic nitrogens is 2. The molecule has 0 bridgehead atoms. The van der Waals surface area contributed by atoms with E-state index in [0.717, 1.165) is 6.07 Å². The molecule has 27 heavy (non-hydrogen) atoms. The minimum absolute atomic E-state index is 0.0888. The summed E-state index contributed by atoms with van der Waals surface area (Å²) >= 11 is 0. The summed E-state index contributed by atoms with van der Waals surface area (Å²) in [6.45, 7) is 4.57. The predicted molar refractivity (Wildman–Crippen MR) is 93.9 cm³/mol. The fraction of sp³-hybridized carbons (Fsp3) is 0.474. The summed E-state index contributed by atoms with van der Waals surface area (Å²) < 4.78 is 19.6. The highest BCUT2D eigenvalue weighted by molar-refractivity contribution is 6.05. The van der Waals surface area contributed by atoms with Crippen molar-refractivity contribution in [3.05, 3.63) is 34.9 Å². The topological polar surface area (TPSA) is 92.6 Å². The van der Waals surface area contributed by atoms with E-state index in [-0.39, 0.29) is 24.6 Å². The van der Waals surface area contributed by atoms with Crippen LogP contribution in [0.3, 0.4) is 0 Å². The van der Waals surface area contributed by atoms with Gasteiger partial charge in [-0.25, -0.2) is 14.4 Å².